The third-order valence-electron chi connectivity index (χ3n) is 3.37. The number of nitrogens with two attached hydrogens (primary N) is 1. The van der Waals surface area contributed by atoms with Crippen LogP contribution in [0.4, 0.5) is 0 Å². The van der Waals surface area contributed by atoms with Crippen molar-refractivity contribution in [2.75, 3.05) is 19.6 Å². The highest BCUT2D eigenvalue weighted by Crippen LogP contribution is 2.37. The van der Waals surface area contributed by atoms with Crippen molar-refractivity contribution in [3.63, 3.8) is 0 Å². The molecule has 1 aliphatic carbocycles. The van der Waals surface area contributed by atoms with Crippen molar-refractivity contribution in [2.45, 2.75) is 25.3 Å². The van der Waals surface area contributed by atoms with E-state index < -0.39 is 5.97 Å². The van der Waals surface area contributed by atoms with Gasteiger partial charge in [0.1, 0.15) is 6.04 Å². The van der Waals surface area contributed by atoms with E-state index in [1.165, 1.54) is 0 Å². The lowest BCUT2D eigenvalue weighted by atomic mass is 10.1. The molecule has 80 valence electrons. The van der Waals surface area contributed by atoms with Gasteiger partial charge in [0.25, 0.3) is 0 Å². The van der Waals surface area contributed by atoms with Gasteiger partial charge in [-0.05, 0) is 44.2 Å². The summed E-state index contributed by atoms with van der Waals surface area (Å²) in [5, 5.41) is 9.13. The van der Waals surface area contributed by atoms with Crippen LogP contribution in [0.3, 0.4) is 0 Å². The maximum absolute atomic E-state index is 11.1. The van der Waals surface area contributed by atoms with E-state index in [-0.39, 0.29) is 6.04 Å². The maximum atomic E-state index is 11.1. The van der Waals surface area contributed by atoms with Crippen molar-refractivity contribution < 1.29 is 9.90 Å². The third-order valence-corrected chi connectivity index (χ3v) is 3.37. The van der Waals surface area contributed by atoms with Crippen molar-refractivity contribution in [1.29, 1.82) is 0 Å². The highest BCUT2D eigenvalue weighted by atomic mass is 16.4. The quantitative estimate of drug-likeness (QED) is 0.674. The molecule has 2 rings (SSSR count). The smallest absolute Gasteiger partial charge is 0.321 e. The fraction of sp³-hybridized carbons (Fsp3) is 0.900. The standard InChI is InChI=1S/C10H18N2O2/c11-5-7-3-4-12(6-7)9(10(13)14)8-1-2-8/h7-9H,1-6,11H2,(H,13,14). The third kappa shape index (κ3) is 1.91. The fourth-order valence-electron chi connectivity index (χ4n) is 2.38. The van der Waals surface area contributed by atoms with Gasteiger partial charge in [-0.1, -0.05) is 0 Å². The van der Waals surface area contributed by atoms with Gasteiger partial charge in [0.2, 0.25) is 0 Å². The lowest BCUT2D eigenvalue weighted by Gasteiger charge is -2.23. The normalized spacial score (nSPS) is 30.5. The number of carboxylic acid groups (broad SMARTS) is 1. The summed E-state index contributed by atoms with van der Waals surface area (Å²) in [6.45, 7) is 2.48. The van der Waals surface area contributed by atoms with Crippen LogP contribution >= 0.6 is 0 Å². The first-order valence-electron chi connectivity index (χ1n) is 5.39. The summed E-state index contributed by atoms with van der Waals surface area (Å²) in [6.07, 6.45) is 3.23. The Kier molecular flexibility index (Phi) is 2.74. The van der Waals surface area contributed by atoms with Crippen molar-refractivity contribution in [3.8, 4) is 0 Å². The van der Waals surface area contributed by atoms with Crippen molar-refractivity contribution in [3.05, 3.63) is 0 Å². The van der Waals surface area contributed by atoms with Gasteiger partial charge < -0.3 is 10.8 Å². The molecule has 0 amide bonds. The Balaban J connectivity index is 1.95. The van der Waals surface area contributed by atoms with Gasteiger partial charge in [-0.2, -0.15) is 0 Å². The Morgan fingerprint density at radius 3 is 2.64 bits per heavy atom. The molecule has 0 aromatic carbocycles. The van der Waals surface area contributed by atoms with E-state index in [4.69, 9.17) is 10.8 Å². The average molecular weight is 198 g/mol. The molecule has 0 aromatic heterocycles. The van der Waals surface area contributed by atoms with Crippen LogP contribution in [-0.4, -0.2) is 41.7 Å². The van der Waals surface area contributed by atoms with Crippen LogP contribution < -0.4 is 5.73 Å². The molecule has 2 atom stereocenters. The first kappa shape index (κ1) is 9.93. The number of rotatable bonds is 4. The van der Waals surface area contributed by atoms with E-state index in [9.17, 15) is 4.79 Å². The zero-order valence-corrected chi connectivity index (χ0v) is 8.35. The van der Waals surface area contributed by atoms with Gasteiger partial charge in [0.15, 0.2) is 0 Å². The molecular formula is C10H18N2O2. The van der Waals surface area contributed by atoms with Crippen molar-refractivity contribution in [1.82, 2.24) is 4.90 Å². The van der Waals surface area contributed by atoms with E-state index in [0.717, 1.165) is 32.4 Å². The van der Waals surface area contributed by atoms with E-state index in [2.05, 4.69) is 4.90 Å². The van der Waals surface area contributed by atoms with Crippen LogP contribution in [0.1, 0.15) is 19.3 Å². The summed E-state index contributed by atoms with van der Waals surface area (Å²) < 4.78 is 0. The first-order chi connectivity index (χ1) is 6.72. The molecule has 0 aromatic rings. The molecule has 1 heterocycles. The largest absolute Gasteiger partial charge is 0.480 e. The molecule has 0 bridgehead atoms. The minimum Gasteiger partial charge on any atom is -0.480 e. The second-order valence-corrected chi connectivity index (χ2v) is 4.51. The lowest BCUT2D eigenvalue weighted by Crippen LogP contribution is -2.41. The minimum absolute atomic E-state index is 0.230. The van der Waals surface area contributed by atoms with E-state index >= 15 is 0 Å². The summed E-state index contributed by atoms with van der Waals surface area (Å²) in [5.41, 5.74) is 5.59. The number of nitrogens with zero attached hydrogens (tertiary/aromatic N) is 1. The summed E-state index contributed by atoms with van der Waals surface area (Å²) in [7, 11) is 0. The second kappa shape index (κ2) is 3.87. The van der Waals surface area contributed by atoms with Crippen LogP contribution in [0.15, 0.2) is 0 Å². The second-order valence-electron chi connectivity index (χ2n) is 4.51. The molecule has 1 saturated carbocycles. The number of aliphatic carboxylic acids is 1. The van der Waals surface area contributed by atoms with Crippen LogP contribution in [0.2, 0.25) is 0 Å². The zero-order valence-electron chi connectivity index (χ0n) is 8.35. The summed E-state index contributed by atoms with van der Waals surface area (Å²) in [4.78, 5) is 13.2. The highest BCUT2D eigenvalue weighted by Gasteiger charge is 2.42. The van der Waals surface area contributed by atoms with Crippen LogP contribution in [-0.2, 0) is 4.79 Å². The van der Waals surface area contributed by atoms with Gasteiger partial charge >= 0.3 is 5.97 Å². The van der Waals surface area contributed by atoms with E-state index in [1.807, 2.05) is 0 Å². The topological polar surface area (TPSA) is 66.6 Å². The Morgan fingerprint density at radius 1 is 1.50 bits per heavy atom. The Hall–Kier alpha value is -0.610. The molecule has 14 heavy (non-hydrogen) atoms. The Bertz CT molecular complexity index is 228. The summed E-state index contributed by atoms with van der Waals surface area (Å²) in [6, 6.07) is -0.230. The molecule has 0 radical (unpaired) electrons. The molecule has 0 spiro atoms. The monoisotopic (exact) mass is 198 g/mol. The predicted molar refractivity (Wildman–Crippen MR) is 52.9 cm³/mol. The molecule has 4 nitrogen and oxygen atoms in total. The van der Waals surface area contributed by atoms with E-state index in [0.29, 0.717) is 18.4 Å². The van der Waals surface area contributed by atoms with Gasteiger partial charge in [-0.3, -0.25) is 9.69 Å². The number of carbonyl (C=O) groups is 1. The van der Waals surface area contributed by atoms with Crippen LogP contribution in [0, 0.1) is 11.8 Å². The molecule has 3 N–H and O–H groups in total. The minimum atomic E-state index is -0.648. The number of likely N-dealkylation sites (tertiary alicyclic amines) is 1. The molecule has 2 unspecified atom stereocenters. The average Bonchev–Trinajstić information content (AvgIpc) is 2.83. The Labute approximate surface area is 84.1 Å². The number of hydrogen-bond donors (Lipinski definition) is 2. The molecular weight excluding hydrogens is 180 g/mol. The summed E-state index contributed by atoms with van der Waals surface area (Å²) >= 11 is 0. The zero-order chi connectivity index (χ0) is 10.1. The molecule has 1 saturated heterocycles. The van der Waals surface area contributed by atoms with Gasteiger partial charge in [-0.15, -0.1) is 0 Å². The molecule has 4 heteroatoms. The summed E-state index contributed by atoms with van der Waals surface area (Å²) in [5.74, 6) is 0.268. The van der Waals surface area contributed by atoms with Gasteiger partial charge in [0, 0.05) is 6.54 Å². The SMILES string of the molecule is NCC1CCN(C(C(=O)O)C2CC2)C1. The highest BCUT2D eigenvalue weighted by molar-refractivity contribution is 5.74. The van der Waals surface area contributed by atoms with Gasteiger partial charge in [0.05, 0.1) is 0 Å². The van der Waals surface area contributed by atoms with E-state index in [1.54, 1.807) is 0 Å². The van der Waals surface area contributed by atoms with Crippen molar-refractivity contribution in [2.24, 2.45) is 17.6 Å². The van der Waals surface area contributed by atoms with Gasteiger partial charge in [-0.25, -0.2) is 0 Å². The lowest BCUT2D eigenvalue weighted by molar-refractivity contribution is -0.143. The fourth-order valence-corrected chi connectivity index (χ4v) is 2.38. The molecule has 2 fully saturated rings. The number of hydrogen-bond acceptors (Lipinski definition) is 3. The first-order valence-corrected chi connectivity index (χ1v) is 5.39. The Morgan fingerprint density at radius 2 is 2.21 bits per heavy atom. The van der Waals surface area contributed by atoms with Crippen LogP contribution in [0.5, 0.6) is 0 Å². The predicted octanol–water partition coefficient (Wildman–Crippen LogP) is 0.130. The van der Waals surface area contributed by atoms with Crippen molar-refractivity contribution >= 4 is 5.97 Å². The van der Waals surface area contributed by atoms with Crippen LogP contribution in [0.25, 0.3) is 0 Å². The number of carboxylic acids is 1. The molecule has 1 aliphatic heterocycles. The maximum Gasteiger partial charge on any atom is 0.321 e. The molecule has 2 aliphatic rings.